The quantitative estimate of drug-likeness (QED) is 0.0454. The van der Waals surface area contributed by atoms with E-state index in [1.807, 2.05) is 0 Å². The van der Waals surface area contributed by atoms with E-state index in [1.54, 1.807) is 0 Å². The van der Waals surface area contributed by atoms with Crippen LogP contribution in [-0.2, 0) is 4.79 Å². The molecule has 0 saturated heterocycles. The van der Waals surface area contributed by atoms with Crippen LogP contribution in [0.4, 0.5) is 0 Å². The average molecular weight is 809 g/mol. The molecule has 0 amide bonds. The molecule has 0 atom stereocenters. The number of hydrogen-bond donors (Lipinski definition) is 0. The van der Waals surface area contributed by atoms with Gasteiger partial charge in [0.25, 0.3) is 0 Å². The van der Waals surface area contributed by atoms with Crippen LogP contribution >= 0.6 is 0 Å². The van der Waals surface area contributed by atoms with E-state index in [9.17, 15) is 9.90 Å². The number of rotatable bonds is 53. The Kier molecular flexibility index (Phi) is 59.2. The van der Waals surface area contributed by atoms with Gasteiger partial charge in [0.15, 0.2) is 0 Å². The normalized spacial score (nSPS) is 11.4. The van der Waals surface area contributed by atoms with Gasteiger partial charge in [-0.1, -0.05) is 334 Å². The van der Waals surface area contributed by atoms with Crippen LogP contribution in [0, 0.1) is 0 Å². The van der Waals surface area contributed by atoms with E-state index in [0.717, 1.165) is 12.8 Å². The second-order valence-electron chi connectivity index (χ2n) is 19.2. The van der Waals surface area contributed by atoms with Gasteiger partial charge in [-0.05, 0) is 12.8 Å². The number of hydrogen-bond acceptors (Lipinski definition) is 2. The fourth-order valence-corrected chi connectivity index (χ4v) is 9.18. The molecule has 0 aromatic rings. The third kappa shape index (κ3) is 58.2. The number of carboxylic acid groups (broad SMARTS) is 1. The van der Waals surface area contributed by atoms with E-state index in [-0.39, 0.29) is 25.3 Å². The van der Waals surface area contributed by atoms with Crippen molar-refractivity contribution in [3.63, 3.8) is 0 Å². The first-order valence-corrected chi connectivity index (χ1v) is 27.5. The maximum Gasteiger partial charge on any atom is 1.00 e. The first kappa shape index (κ1) is 60.2. The second kappa shape index (κ2) is 57.1. The molecule has 58 heavy (non-hydrogen) atoms. The predicted octanol–water partition coefficient (Wildman–Crippen LogP) is 16.4. The molecule has 342 valence electrons. The molecule has 0 heterocycles. The standard InChI is InChI=1S/C55H110O2.Li/c1-2-3-4-5-6-7-8-9-10-11-12-13-14-15-16-17-18-19-20-21-22-23-24-25-26-27-28-29-30-31-32-33-34-35-36-37-38-39-40-41-42-43-44-45-46-47-48-49-50-51-52-53-54-55(56)57;/h2-54H2,1H3,(H,56,57);/q;+1/p-1. The molecule has 0 unspecified atom stereocenters. The van der Waals surface area contributed by atoms with Gasteiger partial charge in [-0.2, -0.15) is 0 Å². The van der Waals surface area contributed by atoms with E-state index in [1.165, 1.54) is 321 Å². The molecule has 0 aliphatic heterocycles. The number of carboxylic acids is 1. The Morgan fingerprint density at radius 3 is 0.431 bits per heavy atom. The van der Waals surface area contributed by atoms with E-state index in [4.69, 9.17) is 0 Å². The van der Waals surface area contributed by atoms with Crippen LogP contribution < -0.4 is 24.0 Å². The van der Waals surface area contributed by atoms with Crippen LogP contribution in [-0.4, -0.2) is 5.97 Å². The fraction of sp³-hybridized carbons (Fsp3) is 0.982. The molecular weight excluding hydrogens is 700 g/mol. The second-order valence-corrected chi connectivity index (χ2v) is 19.2. The third-order valence-corrected chi connectivity index (χ3v) is 13.2. The first-order chi connectivity index (χ1) is 28.3. The molecule has 0 fully saturated rings. The summed E-state index contributed by atoms with van der Waals surface area (Å²) in [7, 11) is 0. The largest absolute Gasteiger partial charge is 1.00 e. The molecule has 0 aliphatic carbocycles. The molecule has 0 aromatic heterocycles. The van der Waals surface area contributed by atoms with Gasteiger partial charge in [-0.25, -0.2) is 0 Å². The van der Waals surface area contributed by atoms with Crippen molar-refractivity contribution in [3.05, 3.63) is 0 Å². The summed E-state index contributed by atoms with van der Waals surface area (Å²) in [6, 6.07) is 0. The predicted molar refractivity (Wildman–Crippen MR) is 255 cm³/mol. The summed E-state index contributed by atoms with van der Waals surface area (Å²) < 4.78 is 0. The van der Waals surface area contributed by atoms with Crippen LogP contribution in [0.15, 0.2) is 0 Å². The van der Waals surface area contributed by atoms with Gasteiger partial charge in [0.05, 0.1) is 0 Å². The van der Waals surface area contributed by atoms with Gasteiger partial charge in [0, 0.05) is 5.97 Å². The molecule has 0 rings (SSSR count). The molecule has 0 saturated carbocycles. The number of carbonyl (C=O) groups excluding carboxylic acids is 1. The van der Waals surface area contributed by atoms with Crippen molar-refractivity contribution in [1.82, 2.24) is 0 Å². The Labute approximate surface area is 380 Å². The maximum absolute atomic E-state index is 10.4. The van der Waals surface area contributed by atoms with Crippen LogP contribution in [0.2, 0.25) is 0 Å². The number of carbonyl (C=O) groups is 1. The van der Waals surface area contributed by atoms with E-state index < -0.39 is 5.97 Å². The summed E-state index contributed by atoms with van der Waals surface area (Å²) in [5, 5.41) is 10.4. The van der Waals surface area contributed by atoms with Gasteiger partial charge in [0.1, 0.15) is 0 Å². The zero-order valence-corrected chi connectivity index (χ0v) is 40.8. The van der Waals surface area contributed by atoms with Crippen LogP contribution in [0.1, 0.15) is 347 Å². The summed E-state index contributed by atoms with van der Waals surface area (Å²) in [5.74, 6) is -0.896. The van der Waals surface area contributed by atoms with Crippen molar-refractivity contribution in [2.75, 3.05) is 0 Å². The third-order valence-electron chi connectivity index (χ3n) is 13.2. The van der Waals surface area contributed by atoms with Crippen molar-refractivity contribution in [2.45, 2.75) is 347 Å². The summed E-state index contributed by atoms with van der Waals surface area (Å²) >= 11 is 0. The molecule has 2 nitrogen and oxygen atoms in total. The Hall–Kier alpha value is 0.0674. The Morgan fingerprint density at radius 2 is 0.328 bits per heavy atom. The number of aliphatic carboxylic acids is 1. The van der Waals surface area contributed by atoms with Crippen molar-refractivity contribution < 1.29 is 28.8 Å². The summed E-state index contributed by atoms with van der Waals surface area (Å²) in [5.41, 5.74) is 0. The molecule has 0 spiro atoms. The van der Waals surface area contributed by atoms with Gasteiger partial charge >= 0.3 is 18.9 Å². The van der Waals surface area contributed by atoms with Crippen LogP contribution in [0.25, 0.3) is 0 Å². The average Bonchev–Trinajstić information content (AvgIpc) is 3.21. The van der Waals surface area contributed by atoms with Crippen LogP contribution in [0.5, 0.6) is 0 Å². The van der Waals surface area contributed by atoms with E-state index >= 15 is 0 Å². The molecule has 0 aliphatic rings. The molecule has 0 radical (unpaired) electrons. The van der Waals surface area contributed by atoms with Crippen molar-refractivity contribution in [1.29, 1.82) is 0 Å². The fourth-order valence-electron chi connectivity index (χ4n) is 9.18. The molecule has 0 bridgehead atoms. The minimum absolute atomic E-state index is 0. The molecule has 0 aromatic carbocycles. The SMILES string of the molecule is CCCCCCCCCCCCCCCCCCCCCCCCCCCCCCCCCCCCCCCCCCCCCCCCCCCCCCC(=O)[O-].[Li+]. The van der Waals surface area contributed by atoms with Crippen molar-refractivity contribution >= 4 is 5.97 Å². The summed E-state index contributed by atoms with van der Waals surface area (Å²) in [6.07, 6.45) is 74.9. The molecular formula is C55H109LiO2. The summed E-state index contributed by atoms with van der Waals surface area (Å²) in [4.78, 5) is 10.4. The van der Waals surface area contributed by atoms with Crippen LogP contribution in [0.3, 0.4) is 0 Å². The number of unbranched alkanes of at least 4 members (excludes halogenated alkanes) is 51. The van der Waals surface area contributed by atoms with E-state index in [0.29, 0.717) is 0 Å². The van der Waals surface area contributed by atoms with Gasteiger partial charge in [0.2, 0.25) is 0 Å². The van der Waals surface area contributed by atoms with Gasteiger partial charge in [-0.3, -0.25) is 0 Å². The Morgan fingerprint density at radius 1 is 0.224 bits per heavy atom. The summed E-state index contributed by atoms with van der Waals surface area (Å²) in [6.45, 7) is 2.31. The maximum atomic E-state index is 10.4. The van der Waals surface area contributed by atoms with E-state index in [2.05, 4.69) is 6.92 Å². The molecule has 0 N–H and O–H groups in total. The zero-order valence-electron chi connectivity index (χ0n) is 40.8. The minimum Gasteiger partial charge on any atom is -0.550 e. The first-order valence-electron chi connectivity index (χ1n) is 27.5. The zero-order chi connectivity index (χ0) is 41.1. The smallest absolute Gasteiger partial charge is 0.550 e. The van der Waals surface area contributed by atoms with Crippen molar-refractivity contribution in [3.8, 4) is 0 Å². The van der Waals surface area contributed by atoms with Gasteiger partial charge < -0.3 is 9.90 Å². The Bertz CT molecular complexity index is 710. The van der Waals surface area contributed by atoms with Crippen molar-refractivity contribution in [2.24, 2.45) is 0 Å². The topological polar surface area (TPSA) is 40.1 Å². The molecule has 3 heteroatoms. The monoisotopic (exact) mass is 809 g/mol. The Balaban J connectivity index is 0. The van der Waals surface area contributed by atoms with Gasteiger partial charge in [-0.15, -0.1) is 0 Å². The minimum atomic E-state index is -0.896.